The van der Waals surface area contributed by atoms with Gasteiger partial charge in [-0.3, -0.25) is 19.2 Å². The molecule has 6 rings (SSSR count). The lowest BCUT2D eigenvalue weighted by Gasteiger charge is -2.43. The van der Waals surface area contributed by atoms with Gasteiger partial charge >= 0.3 is 5.97 Å². The molecule has 1 saturated carbocycles. The van der Waals surface area contributed by atoms with E-state index in [1.807, 2.05) is 70.2 Å². The van der Waals surface area contributed by atoms with E-state index in [1.165, 1.54) is 22.4 Å². The quantitative estimate of drug-likeness (QED) is 0.0440. The molecule has 1 amide bonds. The fraction of sp³-hybridized carbons (Fsp3) is 0.658. The molecule has 506 valence electrons. The summed E-state index contributed by atoms with van der Waals surface area (Å²) >= 11 is 0. The number of hydrogen-bond acceptors (Lipinski definition) is 16. The van der Waals surface area contributed by atoms with Crippen molar-refractivity contribution in [2.24, 2.45) is 35.5 Å². The number of ketones is 3. The van der Waals surface area contributed by atoms with Crippen LogP contribution in [0.5, 0.6) is 0 Å². The average molecular weight is 1280 g/mol. The van der Waals surface area contributed by atoms with Crippen molar-refractivity contribution in [3.63, 3.8) is 0 Å². The Hall–Kier alpha value is -4.83. The Balaban J connectivity index is 1.11. The predicted octanol–water partition coefficient (Wildman–Crippen LogP) is 9.81. The van der Waals surface area contributed by atoms with E-state index in [2.05, 4.69) is 69.3 Å². The monoisotopic (exact) mass is 1280 g/mol. The van der Waals surface area contributed by atoms with Gasteiger partial charge in [0.1, 0.15) is 30.1 Å². The molecule has 0 spiro atoms. The van der Waals surface area contributed by atoms with Crippen molar-refractivity contribution >= 4 is 47.9 Å². The number of Topliss-reactive ketones (excluding diaryl/α,β-unsaturated/α-hetero) is 3. The van der Waals surface area contributed by atoms with Crippen LogP contribution in [0.15, 0.2) is 108 Å². The van der Waals surface area contributed by atoms with Gasteiger partial charge in [-0.25, -0.2) is 4.79 Å². The van der Waals surface area contributed by atoms with Gasteiger partial charge in [-0.1, -0.05) is 153 Å². The van der Waals surface area contributed by atoms with Crippen molar-refractivity contribution in [1.82, 2.24) is 4.90 Å². The number of fused-ring (bicyclic) bond motifs is 3. The lowest BCUT2D eigenvalue weighted by atomic mass is 9.78. The van der Waals surface area contributed by atoms with E-state index >= 15 is 0 Å². The van der Waals surface area contributed by atoms with E-state index in [0.29, 0.717) is 103 Å². The van der Waals surface area contributed by atoms with Crippen LogP contribution < -0.4 is 10.4 Å². The minimum atomic E-state index is -2.67. The minimum absolute atomic E-state index is 0.00508. The molecule has 2 N–H and O–H groups in total. The van der Waals surface area contributed by atoms with E-state index < -0.39 is 86.1 Å². The molecular weight excluding hydrogens is 1170 g/mol. The van der Waals surface area contributed by atoms with Gasteiger partial charge in [0.25, 0.3) is 20.0 Å². The van der Waals surface area contributed by atoms with Crippen LogP contribution in [0.4, 0.5) is 0 Å². The first-order chi connectivity index (χ1) is 43.4. The highest BCUT2D eigenvalue weighted by Gasteiger charge is 2.54. The van der Waals surface area contributed by atoms with E-state index in [9.17, 15) is 34.2 Å². The molecule has 0 radical (unpaired) electrons. The smallest absolute Gasteiger partial charge is 0.329 e. The number of aliphatic hydroxyl groups is 2. The van der Waals surface area contributed by atoms with Crippen LogP contribution in [0.25, 0.3) is 0 Å². The molecule has 0 unspecified atom stereocenters. The number of rotatable bonds is 19. The van der Waals surface area contributed by atoms with E-state index in [-0.39, 0.29) is 66.0 Å². The minimum Gasteiger partial charge on any atom is -0.460 e. The number of piperidine rings is 1. The summed E-state index contributed by atoms with van der Waals surface area (Å²) in [4.78, 5) is 73.3. The van der Waals surface area contributed by atoms with Crippen LogP contribution >= 0.6 is 0 Å². The van der Waals surface area contributed by atoms with Gasteiger partial charge in [-0.05, 0) is 122 Å². The SMILES string of the molecule is CO[C@H]1C[C@@H]2CC[C@@H](C)[C@@](O)(O2)C(=O)C(=O)N2CCCC[C@H]2C(=O)O[C@H]([C@H](C)C[C@@H]2CC[C@@H](OCCOCCOCCO[Si](c3ccccc3)(c3ccccc3)C(C)(C)C)[C@H](OC)C2)CC(=O)[C@H](C)/C=C(\C)[C@@H](O)[C@@H](OC)C(=O)[C@H](C)C[C@H](C)/C=C/C=CC=C1C. The highest BCUT2D eigenvalue weighted by molar-refractivity contribution is 6.99. The first kappa shape index (κ1) is 75.2. The number of allylic oxidation sites excluding steroid dienone is 6. The summed E-state index contributed by atoms with van der Waals surface area (Å²) in [5.41, 5.74) is 1.26. The van der Waals surface area contributed by atoms with Gasteiger partial charge < -0.3 is 57.4 Å². The standard InChI is InChI=1S/C73H109NO16Si/c1-49-25-17-14-18-26-50(2)63(82-11)47-57-34-32-55(7)73(81,90-57)69(78)70(79)74-36-24-23-31-60(74)71(80)89-64(48-61(75)51(3)44-54(6)67(77)68(84-13)66(76)53(5)43-49)52(4)45-56-33-35-62(65(46-56)83-12)87-41-39-85-37-38-86-40-42-88-91(72(8,9)10,58-27-19-15-20-28-58)59-29-21-16-22-30-59/h14-22,25-30,44,49,51-53,55-57,60,62-65,67-68,77,81H,23-24,31-43,45-48H2,1-13H3/b18-14?,25-17+,50-26?,54-44+/t49-,51-,52-,53-,55-,56+,57+,60+,62-,63+,64+,65-,67-,68+,73-/m1/s1. The van der Waals surface area contributed by atoms with Crippen molar-refractivity contribution in [1.29, 1.82) is 0 Å². The molecular formula is C73H109NO16Si. The van der Waals surface area contributed by atoms with Crippen LogP contribution in [0.1, 0.15) is 146 Å². The fourth-order valence-electron chi connectivity index (χ4n) is 13.9. The molecule has 15 atom stereocenters. The third-order valence-electron chi connectivity index (χ3n) is 19.3. The number of aliphatic hydroxyl groups excluding tert-OH is 1. The van der Waals surface area contributed by atoms with Gasteiger partial charge in [-0.15, -0.1) is 0 Å². The number of hydrogen-bond donors (Lipinski definition) is 2. The molecule has 91 heavy (non-hydrogen) atoms. The summed E-state index contributed by atoms with van der Waals surface area (Å²) in [5.74, 6) is -8.08. The van der Waals surface area contributed by atoms with Gasteiger partial charge in [0, 0.05) is 58.5 Å². The van der Waals surface area contributed by atoms with Crippen LogP contribution in [0, 0.1) is 35.5 Å². The van der Waals surface area contributed by atoms with Gasteiger partial charge in [0.15, 0.2) is 5.78 Å². The maximum absolute atomic E-state index is 14.7. The summed E-state index contributed by atoms with van der Waals surface area (Å²) < 4.78 is 55.5. The fourth-order valence-corrected chi connectivity index (χ4v) is 18.4. The summed E-state index contributed by atoms with van der Waals surface area (Å²) in [6.07, 6.45) is 11.9. The van der Waals surface area contributed by atoms with E-state index in [0.717, 1.165) is 12.0 Å². The maximum Gasteiger partial charge on any atom is 0.329 e. The molecule has 18 heteroatoms. The molecule has 3 aliphatic heterocycles. The summed E-state index contributed by atoms with van der Waals surface area (Å²) in [6, 6.07) is 19.9. The van der Waals surface area contributed by atoms with Crippen molar-refractivity contribution in [3.8, 4) is 0 Å². The molecule has 0 aromatic heterocycles. The molecule has 3 fully saturated rings. The van der Waals surface area contributed by atoms with Crippen LogP contribution in [0.2, 0.25) is 5.04 Å². The number of carbonyl (C=O) groups is 5. The van der Waals surface area contributed by atoms with Crippen LogP contribution in [-0.4, -0.2) is 175 Å². The lowest BCUT2D eigenvalue weighted by molar-refractivity contribution is -0.265. The molecule has 2 aromatic rings. The maximum atomic E-state index is 14.7. The first-order valence-electron chi connectivity index (χ1n) is 33.4. The Kier molecular flexibility index (Phi) is 29.9. The number of ether oxygens (including phenoxy) is 8. The van der Waals surface area contributed by atoms with Gasteiger partial charge in [0.2, 0.25) is 5.79 Å². The Bertz CT molecular complexity index is 2710. The van der Waals surface area contributed by atoms with Crippen molar-refractivity contribution in [3.05, 3.63) is 108 Å². The number of esters is 1. The van der Waals surface area contributed by atoms with Crippen molar-refractivity contribution < 1.29 is 76.5 Å². The van der Waals surface area contributed by atoms with Crippen LogP contribution in [-0.2, 0) is 66.3 Å². The lowest BCUT2D eigenvalue weighted by Crippen LogP contribution is -2.66. The zero-order chi connectivity index (χ0) is 66.5. The number of amides is 1. The third kappa shape index (κ3) is 20.3. The zero-order valence-electron chi connectivity index (χ0n) is 56.8. The van der Waals surface area contributed by atoms with Crippen molar-refractivity contribution in [2.75, 3.05) is 67.5 Å². The molecule has 17 nitrogen and oxygen atoms in total. The summed E-state index contributed by atoms with van der Waals surface area (Å²) in [6.45, 7) is 22.0. The number of cyclic esters (lactones) is 1. The van der Waals surface area contributed by atoms with Crippen LogP contribution in [0.3, 0.4) is 0 Å². The normalized spacial score (nSPS) is 31.7. The number of nitrogens with zero attached hydrogens (tertiary/aromatic N) is 1. The molecule has 4 aliphatic rings. The second-order valence-corrected chi connectivity index (χ2v) is 31.5. The average Bonchev–Trinajstić information content (AvgIpc) is 0.873. The molecule has 2 aromatic carbocycles. The predicted molar refractivity (Wildman–Crippen MR) is 354 cm³/mol. The van der Waals surface area contributed by atoms with Gasteiger partial charge in [0.05, 0.1) is 64.1 Å². The Labute approximate surface area is 544 Å². The Morgan fingerprint density at radius 3 is 2.00 bits per heavy atom. The first-order valence-corrected chi connectivity index (χ1v) is 35.3. The largest absolute Gasteiger partial charge is 0.460 e. The number of carbonyl (C=O) groups excluding carboxylic acids is 5. The van der Waals surface area contributed by atoms with E-state index in [4.69, 9.17) is 42.3 Å². The van der Waals surface area contributed by atoms with Gasteiger partial charge in [-0.2, -0.15) is 0 Å². The Morgan fingerprint density at radius 2 is 1.37 bits per heavy atom. The molecule has 3 heterocycles. The highest BCUT2D eigenvalue weighted by Crippen LogP contribution is 2.40. The second kappa shape index (κ2) is 36.2. The molecule has 2 saturated heterocycles. The third-order valence-corrected chi connectivity index (χ3v) is 24.4. The molecule has 1 aliphatic carbocycles. The molecule has 2 bridgehead atoms. The highest BCUT2D eigenvalue weighted by atomic mass is 28.4. The zero-order valence-corrected chi connectivity index (χ0v) is 57.8. The number of benzene rings is 2. The van der Waals surface area contributed by atoms with E-state index in [1.54, 1.807) is 41.1 Å². The van der Waals surface area contributed by atoms with Crippen molar-refractivity contribution in [2.45, 2.75) is 206 Å². The summed E-state index contributed by atoms with van der Waals surface area (Å²) in [7, 11) is 1.98. The number of methoxy groups -OCH3 is 3. The Morgan fingerprint density at radius 1 is 0.725 bits per heavy atom. The summed E-state index contributed by atoms with van der Waals surface area (Å²) in [5, 5.41) is 26.1. The second-order valence-electron chi connectivity index (χ2n) is 27.2. The topological polar surface area (TPSA) is 212 Å².